The predicted molar refractivity (Wildman–Crippen MR) is 146 cm³/mol. The van der Waals surface area contributed by atoms with Crippen LogP contribution in [0.15, 0.2) is 91.0 Å². The zero-order valence-electron chi connectivity index (χ0n) is 21.3. The van der Waals surface area contributed by atoms with E-state index in [4.69, 9.17) is 9.16 Å². The smallest absolute Gasteiger partial charge is 0.261 e. The lowest BCUT2D eigenvalue weighted by atomic mass is 9.97. The van der Waals surface area contributed by atoms with E-state index in [9.17, 15) is 4.79 Å². The van der Waals surface area contributed by atoms with Crippen molar-refractivity contribution in [3.8, 4) is 0 Å². The summed E-state index contributed by atoms with van der Waals surface area (Å²) in [6.45, 7) is 7.57. The van der Waals surface area contributed by atoms with Gasteiger partial charge < -0.3 is 9.16 Å². The monoisotopic (exact) mass is 486 g/mol. The van der Waals surface area contributed by atoms with E-state index in [2.05, 4.69) is 81.4 Å². The number of carbonyl (C=O) groups excluding carboxylic acids is 1. The predicted octanol–water partition coefficient (Wildman–Crippen LogP) is 6.16. The Morgan fingerprint density at radius 1 is 0.829 bits per heavy atom. The van der Waals surface area contributed by atoms with Gasteiger partial charge >= 0.3 is 0 Å². The summed E-state index contributed by atoms with van der Waals surface area (Å²) in [6, 6.07) is 31.1. The second-order valence-corrected chi connectivity index (χ2v) is 14.9. The molecule has 0 radical (unpaired) electrons. The lowest BCUT2D eigenvalue weighted by Crippen LogP contribution is -2.66. The van der Waals surface area contributed by atoms with Crippen LogP contribution in [0.3, 0.4) is 0 Å². The molecule has 1 fully saturated rings. The minimum atomic E-state index is -2.53. The van der Waals surface area contributed by atoms with Crippen LogP contribution in [0.5, 0.6) is 0 Å². The van der Waals surface area contributed by atoms with Crippen LogP contribution < -0.4 is 10.4 Å². The van der Waals surface area contributed by atoms with Crippen LogP contribution in [0.25, 0.3) is 0 Å². The number of ketones is 1. The van der Waals surface area contributed by atoms with Crippen LogP contribution in [-0.2, 0) is 9.16 Å². The van der Waals surface area contributed by atoms with E-state index >= 15 is 0 Å². The fraction of sp³-hybridized carbons (Fsp3) is 0.387. The van der Waals surface area contributed by atoms with Crippen LogP contribution in [0.4, 0.5) is 0 Å². The Bertz CT molecular complexity index is 1020. The largest absolute Gasteiger partial charge is 0.407 e. The normalized spacial score (nSPS) is 18.8. The molecular weight excluding hydrogens is 448 g/mol. The summed E-state index contributed by atoms with van der Waals surface area (Å²) >= 11 is 0. The van der Waals surface area contributed by atoms with E-state index < -0.39 is 8.32 Å². The van der Waals surface area contributed by atoms with Crippen LogP contribution in [0.2, 0.25) is 5.04 Å². The highest BCUT2D eigenvalue weighted by Gasteiger charge is 2.50. The van der Waals surface area contributed by atoms with Crippen molar-refractivity contribution >= 4 is 24.5 Å². The number of carbonyl (C=O) groups is 1. The van der Waals surface area contributed by atoms with Gasteiger partial charge in [0.25, 0.3) is 8.32 Å². The van der Waals surface area contributed by atoms with Gasteiger partial charge in [0.05, 0.1) is 12.2 Å². The molecule has 0 spiro atoms. The third kappa shape index (κ3) is 6.00. The van der Waals surface area contributed by atoms with Crippen LogP contribution in [0, 0.1) is 0 Å². The van der Waals surface area contributed by atoms with Crippen molar-refractivity contribution in [2.75, 3.05) is 6.61 Å². The molecule has 4 heteroatoms. The Hall–Kier alpha value is -2.53. The molecular formula is C31H38O3Si. The van der Waals surface area contributed by atoms with Crippen LogP contribution in [0.1, 0.15) is 63.2 Å². The molecule has 4 rings (SSSR count). The summed E-state index contributed by atoms with van der Waals surface area (Å²) in [7, 11) is -2.53. The van der Waals surface area contributed by atoms with Gasteiger partial charge in [-0.3, -0.25) is 4.79 Å². The molecule has 3 aromatic carbocycles. The molecule has 0 aliphatic carbocycles. The van der Waals surface area contributed by atoms with Crippen molar-refractivity contribution in [2.45, 2.75) is 70.1 Å². The molecule has 1 aliphatic heterocycles. The standard InChI is InChI=1S/C31H38O3Si/c1-31(2,3)35(28-18-9-5-10-19-28,29-20-11-6-12-21-29)33-23-22-26-16-13-17-27(34-26)24-30(32)25-14-7-4-8-15-25/h4-12,14-15,18-21,26-27H,13,16-17,22-24H2,1-3H3/t26-,27+/m1/s1. The first-order valence-corrected chi connectivity index (χ1v) is 14.8. The Balaban J connectivity index is 1.45. The quantitative estimate of drug-likeness (QED) is 0.268. The van der Waals surface area contributed by atoms with Gasteiger partial charge in [-0.25, -0.2) is 0 Å². The average molecular weight is 487 g/mol. The topological polar surface area (TPSA) is 35.5 Å². The van der Waals surface area contributed by atoms with E-state index in [-0.39, 0.29) is 23.0 Å². The molecule has 35 heavy (non-hydrogen) atoms. The SMILES string of the molecule is CC(C)(C)[Si](OCC[C@H]1CCC[C@@H](CC(=O)c2ccccc2)O1)(c1ccccc1)c1ccccc1. The lowest BCUT2D eigenvalue weighted by Gasteiger charge is -2.43. The van der Waals surface area contributed by atoms with E-state index in [0.717, 1.165) is 31.2 Å². The zero-order valence-corrected chi connectivity index (χ0v) is 22.3. The van der Waals surface area contributed by atoms with E-state index in [1.165, 1.54) is 10.4 Å². The summed E-state index contributed by atoms with van der Waals surface area (Å²) in [4.78, 5) is 12.7. The minimum absolute atomic E-state index is 0.00526. The Kier molecular flexibility index (Phi) is 8.37. The molecule has 3 aromatic rings. The molecule has 0 bridgehead atoms. The zero-order chi connectivity index (χ0) is 24.7. The second kappa shape index (κ2) is 11.5. The summed E-state index contributed by atoms with van der Waals surface area (Å²) in [5.41, 5.74) is 0.772. The minimum Gasteiger partial charge on any atom is -0.407 e. The third-order valence-electron chi connectivity index (χ3n) is 7.12. The molecule has 184 valence electrons. The number of hydrogen-bond acceptors (Lipinski definition) is 3. The van der Waals surface area contributed by atoms with Gasteiger partial charge in [-0.15, -0.1) is 0 Å². The maximum atomic E-state index is 12.7. The molecule has 0 unspecified atom stereocenters. The van der Waals surface area contributed by atoms with Crippen molar-refractivity contribution in [3.63, 3.8) is 0 Å². The fourth-order valence-electron chi connectivity index (χ4n) is 5.40. The first-order chi connectivity index (χ1) is 16.9. The first kappa shape index (κ1) is 25.6. The van der Waals surface area contributed by atoms with Crippen molar-refractivity contribution in [1.29, 1.82) is 0 Å². The Labute approximate surface area is 211 Å². The number of benzene rings is 3. The Morgan fingerprint density at radius 2 is 1.34 bits per heavy atom. The van der Waals surface area contributed by atoms with Gasteiger partial charge in [-0.05, 0) is 41.1 Å². The molecule has 0 amide bonds. The van der Waals surface area contributed by atoms with Gasteiger partial charge in [0.1, 0.15) is 0 Å². The fourth-order valence-corrected chi connectivity index (χ4v) is 9.98. The molecule has 0 aromatic heterocycles. The first-order valence-electron chi connectivity index (χ1n) is 12.9. The second-order valence-electron chi connectivity index (χ2n) is 10.6. The summed E-state index contributed by atoms with van der Waals surface area (Å²) < 4.78 is 13.5. The summed E-state index contributed by atoms with van der Waals surface area (Å²) in [5.74, 6) is 0.166. The van der Waals surface area contributed by atoms with Crippen molar-refractivity contribution < 1.29 is 14.0 Å². The van der Waals surface area contributed by atoms with Crippen molar-refractivity contribution in [1.82, 2.24) is 0 Å². The van der Waals surface area contributed by atoms with E-state index in [0.29, 0.717) is 13.0 Å². The summed E-state index contributed by atoms with van der Waals surface area (Å²) in [6.07, 6.45) is 4.50. The van der Waals surface area contributed by atoms with Gasteiger partial charge in [0.15, 0.2) is 5.78 Å². The highest BCUT2D eigenvalue weighted by molar-refractivity contribution is 6.99. The van der Waals surface area contributed by atoms with Gasteiger partial charge in [0.2, 0.25) is 0 Å². The van der Waals surface area contributed by atoms with E-state index in [1.807, 2.05) is 30.3 Å². The number of hydrogen-bond donors (Lipinski definition) is 0. The highest BCUT2D eigenvalue weighted by Crippen LogP contribution is 2.37. The summed E-state index contributed by atoms with van der Waals surface area (Å²) in [5, 5.41) is 2.57. The van der Waals surface area contributed by atoms with Crippen LogP contribution >= 0.6 is 0 Å². The molecule has 0 N–H and O–H groups in total. The molecule has 1 heterocycles. The maximum Gasteiger partial charge on any atom is 0.261 e. The van der Waals surface area contributed by atoms with E-state index in [1.54, 1.807) is 0 Å². The number of ether oxygens (including phenoxy) is 1. The number of Topliss-reactive ketones (excluding diaryl/α,β-unsaturated/α-hetero) is 1. The third-order valence-corrected chi connectivity index (χ3v) is 12.2. The Morgan fingerprint density at radius 3 is 1.89 bits per heavy atom. The van der Waals surface area contributed by atoms with Gasteiger partial charge in [-0.1, -0.05) is 112 Å². The number of rotatable bonds is 9. The van der Waals surface area contributed by atoms with Crippen LogP contribution in [-0.4, -0.2) is 32.9 Å². The molecule has 1 aliphatic rings. The molecule has 3 nitrogen and oxygen atoms in total. The molecule has 1 saturated heterocycles. The van der Waals surface area contributed by atoms with Crippen molar-refractivity contribution in [3.05, 3.63) is 96.6 Å². The molecule has 2 atom stereocenters. The van der Waals surface area contributed by atoms with Gasteiger partial charge in [-0.2, -0.15) is 0 Å². The van der Waals surface area contributed by atoms with Crippen molar-refractivity contribution in [2.24, 2.45) is 0 Å². The average Bonchev–Trinajstić information content (AvgIpc) is 2.88. The van der Waals surface area contributed by atoms with Gasteiger partial charge in [0, 0.05) is 18.6 Å². The maximum absolute atomic E-state index is 12.7. The molecule has 0 saturated carbocycles. The lowest BCUT2D eigenvalue weighted by molar-refractivity contribution is -0.0567. The highest BCUT2D eigenvalue weighted by atomic mass is 28.4.